The number of urea groups is 1. The fourth-order valence-electron chi connectivity index (χ4n) is 2.42. The molecule has 0 aliphatic carbocycles. The molecule has 0 fully saturated rings. The summed E-state index contributed by atoms with van der Waals surface area (Å²) in [6.07, 6.45) is 0.914. The van der Waals surface area contributed by atoms with Gasteiger partial charge in [0.1, 0.15) is 5.75 Å². The fourth-order valence-corrected chi connectivity index (χ4v) is 2.74. The first-order chi connectivity index (χ1) is 11.4. The van der Waals surface area contributed by atoms with Gasteiger partial charge < -0.3 is 10.1 Å². The molecule has 24 heavy (non-hydrogen) atoms. The molecule has 132 valence electrons. The number of benzene rings is 1. The average Bonchev–Trinajstić information content (AvgIpc) is 2.58. The number of nitrogens with one attached hydrogen (secondary N) is 2. The summed E-state index contributed by atoms with van der Waals surface area (Å²) in [7, 11) is 0.243. The number of imide groups is 1. The van der Waals surface area contributed by atoms with E-state index in [0.717, 1.165) is 0 Å². The molecule has 9 heteroatoms. The Bertz CT molecular complexity index is 707. The summed E-state index contributed by atoms with van der Waals surface area (Å²) in [4.78, 5) is 24.3. The Kier molecular flexibility index (Phi) is 7.37. The van der Waals surface area contributed by atoms with E-state index in [1.54, 1.807) is 24.3 Å². The smallest absolute Gasteiger partial charge is 0.321 e. The van der Waals surface area contributed by atoms with E-state index >= 15 is 0 Å². The second-order valence-corrected chi connectivity index (χ2v) is 5.79. The van der Waals surface area contributed by atoms with Gasteiger partial charge in [0.05, 0.1) is 19.1 Å². The number of rotatable bonds is 7. The molecule has 2 N–H and O–H groups in total. The van der Waals surface area contributed by atoms with Crippen molar-refractivity contribution in [2.24, 2.45) is 4.36 Å². The van der Waals surface area contributed by atoms with E-state index in [1.807, 2.05) is 6.92 Å². The van der Waals surface area contributed by atoms with E-state index in [0.29, 0.717) is 24.2 Å². The zero-order chi connectivity index (χ0) is 18.2. The molecular weight excluding hydrogens is 334 g/mol. The summed E-state index contributed by atoms with van der Waals surface area (Å²) < 4.78 is 30.3. The summed E-state index contributed by atoms with van der Waals surface area (Å²) in [6.45, 7) is 1.58. The molecule has 1 atom stereocenters. The molecule has 0 spiro atoms. The molecule has 8 nitrogen and oxygen atoms in total. The number of hydrogen-bond donors (Lipinski definition) is 2. The number of methoxy groups -OCH3 is 1. The SMILES string of the molecule is CCCC(CN=S(=O)=O)(C(=O)NC(=O)NC)c1ccc(OC)cc1. The normalized spacial score (nSPS) is 12.6. The highest BCUT2D eigenvalue weighted by molar-refractivity contribution is 7.61. The van der Waals surface area contributed by atoms with Gasteiger partial charge >= 0.3 is 16.5 Å². The molecule has 0 aliphatic heterocycles. The number of hydrogen-bond acceptors (Lipinski definition) is 6. The van der Waals surface area contributed by atoms with E-state index in [2.05, 4.69) is 15.0 Å². The molecule has 0 radical (unpaired) electrons. The molecule has 1 aromatic rings. The highest BCUT2D eigenvalue weighted by Gasteiger charge is 2.40. The maximum atomic E-state index is 12.7. The molecule has 0 heterocycles. The van der Waals surface area contributed by atoms with Crippen LogP contribution in [0.1, 0.15) is 25.3 Å². The van der Waals surface area contributed by atoms with Gasteiger partial charge in [0.2, 0.25) is 5.91 Å². The van der Waals surface area contributed by atoms with Crippen LogP contribution in [0, 0.1) is 0 Å². The lowest BCUT2D eigenvalue weighted by atomic mass is 9.76. The maximum Gasteiger partial charge on any atom is 0.321 e. The van der Waals surface area contributed by atoms with E-state index in [1.165, 1.54) is 14.2 Å². The van der Waals surface area contributed by atoms with Gasteiger partial charge in [-0.25, -0.2) is 4.79 Å². The van der Waals surface area contributed by atoms with Crippen molar-refractivity contribution in [2.75, 3.05) is 20.7 Å². The van der Waals surface area contributed by atoms with Crippen LogP contribution in [0.5, 0.6) is 5.75 Å². The molecule has 0 bridgehead atoms. The van der Waals surface area contributed by atoms with Gasteiger partial charge in [-0.05, 0) is 24.1 Å². The standard InChI is InChI=1S/C15H21N3O5S/c1-4-9-15(10-17-24(21)22,13(19)18-14(20)16-2)11-5-7-12(23-3)8-6-11/h5-8H,4,9-10H2,1-3H3,(H2,16,18,19,20). The van der Waals surface area contributed by atoms with Crippen molar-refractivity contribution < 1.29 is 22.7 Å². The zero-order valence-electron chi connectivity index (χ0n) is 13.8. The predicted molar refractivity (Wildman–Crippen MR) is 88.4 cm³/mol. The number of ether oxygens (including phenoxy) is 1. The molecule has 0 aromatic heterocycles. The summed E-state index contributed by atoms with van der Waals surface area (Å²) in [5.74, 6) is -0.0109. The van der Waals surface area contributed by atoms with E-state index in [9.17, 15) is 18.0 Å². The monoisotopic (exact) mass is 355 g/mol. The lowest BCUT2D eigenvalue weighted by Crippen LogP contribution is -2.50. The van der Waals surface area contributed by atoms with Gasteiger partial charge in [0.25, 0.3) is 0 Å². The van der Waals surface area contributed by atoms with Crippen molar-refractivity contribution >= 4 is 22.4 Å². The van der Waals surface area contributed by atoms with Crippen LogP contribution in [0.2, 0.25) is 0 Å². The Morgan fingerprint density at radius 3 is 2.33 bits per heavy atom. The van der Waals surface area contributed by atoms with E-state index < -0.39 is 27.9 Å². The molecule has 3 amide bonds. The van der Waals surface area contributed by atoms with Gasteiger partial charge in [-0.15, -0.1) is 0 Å². The number of carbonyl (C=O) groups excluding carboxylic acids is 2. The Labute approximate surface area is 142 Å². The van der Waals surface area contributed by atoms with Crippen LogP contribution in [-0.4, -0.2) is 41.1 Å². The largest absolute Gasteiger partial charge is 0.497 e. The summed E-state index contributed by atoms with van der Waals surface area (Å²) in [5.41, 5.74) is -0.714. The van der Waals surface area contributed by atoms with Crippen molar-refractivity contribution in [3.05, 3.63) is 29.8 Å². The maximum absolute atomic E-state index is 12.7. The minimum absolute atomic E-state index is 0.286. The van der Waals surface area contributed by atoms with Crippen LogP contribution in [0.25, 0.3) is 0 Å². The number of amides is 3. The van der Waals surface area contributed by atoms with Crippen molar-refractivity contribution in [3.8, 4) is 5.75 Å². The third-order valence-corrected chi connectivity index (χ3v) is 3.99. The van der Waals surface area contributed by atoms with Crippen LogP contribution >= 0.6 is 0 Å². The summed E-state index contributed by atoms with van der Waals surface area (Å²) in [5, 5.41) is 4.53. The lowest BCUT2D eigenvalue weighted by molar-refractivity contribution is -0.125. The van der Waals surface area contributed by atoms with Crippen molar-refractivity contribution in [2.45, 2.75) is 25.2 Å². The highest BCUT2D eigenvalue weighted by Crippen LogP contribution is 2.32. The summed E-state index contributed by atoms with van der Waals surface area (Å²) in [6, 6.07) is 6.00. The quantitative estimate of drug-likeness (QED) is 0.764. The average molecular weight is 355 g/mol. The highest BCUT2D eigenvalue weighted by atomic mass is 32.2. The molecule has 0 saturated heterocycles. The molecular formula is C15H21N3O5S. The second-order valence-electron chi connectivity index (χ2n) is 5.10. The van der Waals surface area contributed by atoms with Crippen LogP contribution in [0.4, 0.5) is 4.79 Å². The molecule has 1 aromatic carbocycles. The topological polar surface area (TPSA) is 114 Å². The van der Waals surface area contributed by atoms with Gasteiger partial charge in [-0.1, -0.05) is 25.5 Å². The van der Waals surface area contributed by atoms with Crippen LogP contribution in [0.3, 0.4) is 0 Å². The van der Waals surface area contributed by atoms with E-state index in [-0.39, 0.29) is 6.54 Å². The molecule has 0 aliphatic rings. The Balaban J connectivity index is 3.40. The van der Waals surface area contributed by atoms with Crippen LogP contribution in [-0.2, 0) is 20.7 Å². The van der Waals surface area contributed by atoms with Crippen molar-refractivity contribution in [1.29, 1.82) is 0 Å². The summed E-state index contributed by atoms with van der Waals surface area (Å²) >= 11 is 0. The second kappa shape index (κ2) is 9.02. The zero-order valence-corrected chi connectivity index (χ0v) is 14.6. The predicted octanol–water partition coefficient (Wildman–Crippen LogP) is 1.25. The minimum atomic E-state index is -2.66. The molecule has 1 rings (SSSR count). The van der Waals surface area contributed by atoms with Gasteiger partial charge in [-0.2, -0.15) is 12.8 Å². The van der Waals surface area contributed by atoms with Gasteiger partial charge in [-0.3, -0.25) is 10.1 Å². The van der Waals surface area contributed by atoms with Gasteiger partial charge in [0.15, 0.2) is 0 Å². The first-order valence-corrected chi connectivity index (χ1v) is 8.37. The van der Waals surface area contributed by atoms with Crippen molar-refractivity contribution in [1.82, 2.24) is 10.6 Å². The Hall–Kier alpha value is -2.42. The van der Waals surface area contributed by atoms with Crippen LogP contribution in [0.15, 0.2) is 28.6 Å². The van der Waals surface area contributed by atoms with Gasteiger partial charge in [0, 0.05) is 7.05 Å². The number of nitrogens with zero attached hydrogens (tertiary/aromatic N) is 1. The number of carbonyl (C=O) groups is 2. The van der Waals surface area contributed by atoms with Crippen molar-refractivity contribution in [3.63, 3.8) is 0 Å². The molecule has 1 unspecified atom stereocenters. The van der Waals surface area contributed by atoms with Crippen LogP contribution < -0.4 is 15.4 Å². The third kappa shape index (κ3) is 4.79. The van der Waals surface area contributed by atoms with E-state index in [4.69, 9.17) is 4.74 Å². The third-order valence-electron chi connectivity index (χ3n) is 3.65. The molecule has 0 saturated carbocycles. The Morgan fingerprint density at radius 1 is 1.25 bits per heavy atom. The first-order valence-electron chi connectivity index (χ1n) is 7.34. The Morgan fingerprint density at radius 2 is 1.88 bits per heavy atom. The fraction of sp³-hybridized carbons (Fsp3) is 0.467. The minimum Gasteiger partial charge on any atom is -0.497 e. The lowest BCUT2D eigenvalue weighted by Gasteiger charge is -2.30. The first kappa shape index (κ1) is 19.6.